The van der Waals surface area contributed by atoms with Crippen molar-refractivity contribution in [1.29, 1.82) is 0 Å². The maximum Gasteiger partial charge on any atom is 0.335 e. The maximum absolute atomic E-state index is 12.1. The van der Waals surface area contributed by atoms with Crippen molar-refractivity contribution < 1.29 is 19.0 Å². The number of allylic oxidation sites excluding steroid dienone is 4. The van der Waals surface area contributed by atoms with Gasteiger partial charge in [0.05, 0.1) is 7.11 Å². The molecule has 2 rings (SSSR count). The van der Waals surface area contributed by atoms with Gasteiger partial charge in [0, 0.05) is 6.61 Å². The number of ether oxygens (including phenoxy) is 3. The molecule has 1 aliphatic heterocycles. The van der Waals surface area contributed by atoms with E-state index in [2.05, 4.69) is 38.2 Å². The largest absolute Gasteiger partial charge is 0.467 e. The zero-order valence-electron chi connectivity index (χ0n) is 20.2. The molecule has 3 unspecified atom stereocenters. The Morgan fingerprint density at radius 3 is 2.71 bits per heavy atom. The topological polar surface area (TPSA) is 44.8 Å². The zero-order chi connectivity index (χ0) is 22.3. The minimum absolute atomic E-state index is 0.266. The highest BCUT2D eigenvalue weighted by molar-refractivity contribution is 5.74. The lowest BCUT2D eigenvalue weighted by molar-refractivity contribution is -0.203. The molecule has 2 aliphatic rings. The van der Waals surface area contributed by atoms with Crippen molar-refractivity contribution in [2.45, 2.75) is 110 Å². The number of hydrogen-bond acceptors (Lipinski definition) is 4. The van der Waals surface area contributed by atoms with Gasteiger partial charge in [-0.15, -0.1) is 0 Å². The van der Waals surface area contributed by atoms with E-state index in [0.717, 1.165) is 49.9 Å². The number of hydrogen-bond donors (Lipinski definition) is 0. The van der Waals surface area contributed by atoms with E-state index in [0.29, 0.717) is 13.0 Å². The summed E-state index contributed by atoms with van der Waals surface area (Å²) in [4.78, 5) is 12.1. The van der Waals surface area contributed by atoms with Gasteiger partial charge in [-0.2, -0.15) is 0 Å². The predicted molar refractivity (Wildman–Crippen MR) is 127 cm³/mol. The first-order chi connectivity index (χ1) is 15.1. The molecule has 0 spiro atoms. The normalized spacial score (nSPS) is 26.5. The summed E-state index contributed by atoms with van der Waals surface area (Å²) in [5.41, 5.74) is 0. The maximum atomic E-state index is 12.1. The molecular formula is C27H46O4. The molecule has 4 nitrogen and oxygen atoms in total. The van der Waals surface area contributed by atoms with E-state index < -0.39 is 6.10 Å². The van der Waals surface area contributed by atoms with Crippen molar-refractivity contribution >= 4 is 5.97 Å². The van der Waals surface area contributed by atoms with Crippen LogP contribution in [0.5, 0.6) is 0 Å². The van der Waals surface area contributed by atoms with Gasteiger partial charge in [-0.05, 0) is 75.5 Å². The summed E-state index contributed by atoms with van der Waals surface area (Å²) in [5, 5.41) is 0. The number of carbonyl (C=O) groups excluding carboxylic acids is 1. The summed E-state index contributed by atoms with van der Waals surface area (Å²) < 4.78 is 16.4. The summed E-state index contributed by atoms with van der Waals surface area (Å²) in [7, 11) is 1.43. The average Bonchev–Trinajstić information content (AvgIpc) is 3.24. The van der Waals surface area contributed by atoms with E-state index >= 15 is 0 Å². The molecule has 0 aromatic carbocycles. The van der Waals surface area contributed by atoms with E-state index in [9.17, 15) is 4.79 Å². The van der Waals surface area contributed by atoms with Crippen LogP contribution in [0.3, 0.4) is 0 Å². The van der Waals surface area contributed by atoms with Gasteiger partial charge in [0.2, 0.25) is 0 Å². The third-order valence-electron chi connectivity index (χ3n) is 6.81. The molecule has 0 bridgehead atoms. The third kappa shape index (κ3) is 10.4. The summed E-state index contributed by atoms with van der Waals surface area (Å²) in [6, 6.07) is 0. The van der Waals surface area contributed by atoms with Crippen molar-refractivity contribution in [3.8, 4) is 0 Å². The summed E-state index contributed by atoms with van der Waals surface area (Å²) in [6.07, 6.45) is 23.5. The Labute approximate surface area is 190 Å². The second kappa shape index (κ2) is 15.6. The Hall–Kier alpha value is -1.13. The van der Waals surface area contributed by atoms with E-state index in [1.807, 2.05) is 0 Å². The molecule has 0 radical (unpaired) electrons. The fourth-order valence-electron chi connectivity index (χ4n) is 4.78. The Morgan fingerprint density at radius 2 is 1.97 bits per heavy atom. The second-order valence-electron chi connectivity index (χ2n) is 9.49. The van der Waals surface area contributed by atoms with Crippen LogP contribution >= 0.6 is 0 Å². The average molecular weight is 435 g/mol. The molecule has 178 valence electrons. The molecule has 1 heterocycles. The quantitative estimate of drug-likeness (QED) is 0.218. The van der Waals surface area contributed by atoms with E-state index in [4.69, 9.17) is 14.2 Å². The molecule has 1 saturated carbocycles. The van der Waals surface area contributed by atoms with E-state index in [1.165, 1.54) is 52.1 Å². The van der Waals surface area contributed by atoms with Gasteiger partial charge in [-0.25, -0.2) is 4.79 Å². The van der Waals surface area contributed by atoms with Crippen LogP contribution < -0.4 is 0 Å². The SMILES string of the molecule is CCCCC(C)CC=C[C@H]1CCC[C@@H]1CC=CCCC(OC1CCCCO1)C(=O)OC. The van der Waals surface area contributed by atoms with Gasteiger partial charge in [-0.1, -0.05) is 63.8 Å². The highest BCUT2D eigenvalue weighted by Crippen LogP contribution is 2.35. The fraction of sp³-hybridized carbons (Fsp3) is 0.815. The minimum Gasteiger partial charge on any atom is -0.467 e. The first-order valence-electron chi connectivity index (χ1n) is 12.8. The second-order valence-corrected chi connectivity index (χ2v) is 9.49. The van der Waals surface area contributed by atoms with Crippen LogP contribution in [-0.2, 0) is 19.0 Å². The molecule has 2 fully saturated rings. The molecule has 31 heavy (non-hydrogen) atoms. The Balaban J connectivity index is 1.70. The molecule has 0 amide bonds. The van der Waals surface area contributed by atoms with Crippen LogP contribution in [-0.4, -0.2) is 32.1 Å². The third-order valence-corrected chi connectivity index (χ3v) is 6.81. The van der Waals surface area contributed by atoms with Crippen molar-refractivity contribution in [3.05, 3.63) is 24.3 Å². The molecule has 5 atom stereocenters. The molecule has 1 aliphatic carbocycles. The zero-order valence-corrected chi connectivity index (χ0v) is 20.2. The monoisotopic (exact) mass is 434 g/mol. The molecule has 0 aromatic rings. The van der Waals surface area contributed by atoms with Crippen molar-refractivity contribution in [1.82, 2.24) is 0 Å². The first-order valence-corrected chi connectivity index (χ1v) is 12.8. The van der Waals surface area contributed by atoms with Gasteiger partial charge >= 0.3 is 5.97 Å². The molecule has 4 heteroatoms. The number of unbranched alkanes of at least 4 members (excludes halogenated alkanes) is 1. The van der Waals surface area contributed by atoms with Crippen molar-refractivity contribution in [3.63, 3.8) is 0 Å². The van der Waals surface area contributed by atoms with Crippen LogP contribution in [0.4, 0.5) is 0 Å². The van der Waals surface area contributed by atoms with Gasteiger partial charge in [0.1, 0.15) is 0 Å². The summed E-state index contributed by atoms with van der Waals surface area (Å²) >= 11 is 0. The number of esters is 1. The Kier molecular flexibility index (Phi) is 13.2. The van der Waals surface area contributed by atoms with Crippen molar-refractivity contribution in [2.24, 2.45) is 17.8 Å². The molecule has 0 aromatic heterocycles. The number of carbonyl (C=O) groups is 1. The van der Waals surface area contributed by atoms with Crippen LogP contribution in [0.1, 0.15) is 97.3 Å². The lowest BCUT2D eigenvalue weighted by Crippen LogP contribution is -2.33. The highest BCUT2D eigenvalue weighted by atomic mass is 16.7. The van der Waals surface area contributed by atoms with Gasteiger partial charge in [0.15, 0.2) is 12.4 Å². The van der Waals surface area contributed by atoms with Crippen LogP contribution in [0.25, 0.3) is 0 Å². The lowest BCUT2D eigenvalue weighted by atomic mass is 9.91. The first kappa shape index (κ1) is 26.1. The van der Waals surface area contributed by atoms with Crippen molar-refractivity contribution in [2.75, 3.05) is 13.7 Å². The molecular weight excluding hydrogens is 388 g/mol. The van der Waals surface area contributed by atoms with Gasteiger partial charge in [0.25, 0.3) is 0 Å². The van der Waals surface area contributed by atoms with E-state index in [-0.39, 0.29) is 12.3 Å². The molecule has 0 N–H and O–H groups in total. The predicted octanol–water partition coefficient (Wildman–Crippen LogP) is 6.99. The van der Waals surface area contributed by atoms with Crippen LogP contribution in [0.15, 0.2) is 24.3 Å². The Bertz CT molecular complexity index is 535. The van der Waals surface area contributed by atoms with E-state index in [1.54, 1.807) is 0 Å². The number of rotatable bonds is 14. The molecule has 1 saturated heterocycles. The summed E-state index contributed by atoms with van der Waals surface area (Å²) in [5.74, 6) is 2.01. The van der Waals surface area contributed by atoms with Crippen LogP contribution in [0.2, 0.25) is 0 Å². The standard InChI is InChI=1S/C27H46O4/c1-4-5-13-22(2)14-11-16-24-18-12-17-23(24)15-7-6-8-19-25(27(28)29-3)31-26-20-9-10-21-30-26/h6-7,11,16,22-26H,4-5,8-10,12-15,17-21H2,1-3H3/t22?,23-,24-,25?,26?/m0/s1. The fourth-order valence-corrected chi connectivity index (χ4v) is 4.78. The minimum atomic E-state index is -0.533. The Morgan fingerprint density at radius 1 is 1.10 bits per heavy atom. The van der Waals surface area contributed by atoms with Crippen LogP contribution in [0, 0.1) is 17.8 Å². The van der Waals surface area contributed by atoms with Gasteiger partial charge in [-0.3, -0.25) is 0 Å². The highest BCUT2D eigenvalue weighted by Gasteiger charge is 2.26. The smallest absolute Gasteiger partial charge is 0.335 e. The summed E-state index contributed by atoms with van der Waals surface area (Å²) in [6.45, 7) is 5.36. The van der Waals surface area contributed by atoms with Gasteiger partial charge < -0.3 is 14.2 Å². The number of methoxy groups -OCH3 is 1. The lowest BCUT2D eigenvalue weighted by Gasteiger charge is -2.26.